The van der Waals surface area contributed by atoms with Crippen molar-refractivity contribution in [2.24, 2.45) is 0 Å². The average Bonchev–Trinajstić information content (AvgIpc) is 2.39. The van der Waals surface area contributed by atoms with Gasteiger partial charge in [-0.25, -0.2) is 4.39 Å². The van der Waals surface area contributed by atoms with Gasteiger partial charge in [0.15, 0.2) is 0 Å². The third-order valence-corrected chi connectivity index (χ3v) is 3.27. The molecule has 0 fully saturated rings. The Morgan fingerprint density at radius 2 is 1.76 bits per heavy atom. The lowest BCUT2D eigenvalue weighted by atomic mass is 10.1. The second kappa shape index (κ2) is 9.04. The molecule has 2 nitrogen and oxygen atoms in total. The molecule has 0 amide bonds. The number of hydrogen-bond acceptors (Lipinski definition) is 2. The summed E-state index contributed by atoms with van der Waals surface area (Å²) in [6.07, 6.45) is 5.99. The second-order valence-electron chi connectivity index (χ2n) is 6.66. The summed E-state index contributed by atoms with van der Waals surface area (Å²) < 4.78 is 19.3. The Bertz CT molecular complexity index is 412. The summed E-state index contributed by atoms with van der Waals surface area (Å²) in [5.74, 6) is 0.403. The molecule has 0 aliphatic rings. The van der Waals surface area contributed by atoms with Crippen molar-refractivity contribution in [3.05, 3.63) is 29.6 Å². The average molecular weight is 295 g/mol. The van der Waals surface area contributed by atoms with Gasteiger partial charge in [-0.2, -0.15) is 0 Å². The minimum absolute atomic E-state index is 0.0205. The fourth-order valence-corrected chi connectivity index (χ4v) is 2.07. The summed E-state index contributed by atoms with van der Waals surface area (Å²) in [5, 5.41) is 3.36. The van der Waals surface area contributed by atoms with Gasteiger partial charge in [-0.1, -0.05) is 32.6 Å². The number of hydrogen-bond donors (Lipinski definition) is 1. The minimum Gasteiger partial charge on any atom is -0.493 e. The summed E-state index contributed by atoms with van der Waals surface area (Å²) in [5.41, 5.74) is 0.943. The van der Waals surface area contributed by atoms with Crippen molar-refractivity contribution in [2.75, 3.05) is 6.61 Å². The van der Waals surface area contributed by atoms with Crippen LogP contribution >= 0.6 is 0 Å². The van der Waals surface area contributed by atoms with Gasteiger partial charge in [-0.05, 0) is 44.9 Å². The normalized spacial score (nSPS) is 11.7. The van der Waals surface area contributed by atoms with Crippen LogP contribution in [-0.2, 0) is 6.54 Å². The highest BCUT2D eigenvalue weighted by Crippen LogP contribution is 2.18. The van der Waals surface area contributed by atoms with E-state index in [2.05, 4.69) is 33.0 Å². The predicted octanol–water partition coefficient (Wildman–Crippen LogP) is 5.06. The van der Waals surface area contributed by atoms with Crippen LogP contribution in [0.2, 0.25) is 0 Å². The maximum atomic E-state index is 13.6. The van der Waals surface area contributed by atoms with Gasteiger partial charge in [-0.3, -0.25) is 0 Å². The SMILES string of the molecule is CCCCCCCOc1cc(F)cc(CNC(C)(C)C)c1. The van der Waals surface area contributed by atoms with E-state index in [0.29, 0.717) is 18.9 Å². The first-order valence-electron chi connectivity index (χ1n) is 8.08. The molecule has 0 heterocycles. The number of nitrogens with one attached hydrogen (secondary N) is 1. The molecule has 1 rings (SSSR count). The van der Waals surface area contributed by atoms with E-state index in [-0.39, 0.29) is 11.4 Å². The van der Waals surface area contributed by atoms with Gasteiger partial charge < -0.3 is 10.1 Å². The molecule has 1 aromatic carbocycles. The number of ether oxygens (including phenoxy) is 1. The summed E-state index contributed by atoms with van der Waals surface area (Å²) >= 11 is 0. The van der Waals surface area contributed by atoms with Gasteiger partial charge in [0.05, 0.1) is 6.61 Å². The number of benzene rings is 1. The van der Waals surface area contributed by atoms with E-state index in [1.54, 1.807) is 6.07 Å². The highest BCUT2D eigenvalue weighted by molar-refractivity contribution is 5.29. The van der Waals surface area contributed by atoms with E-state index >= 15 is 0 Å². The van der Waals surface area contributed by atoms with E-state index < -0.39 is 0 Å². The maximum Gasteiger partial charge on any atom is 0.127 e. The molecule has 1 aromatic rings. The molecule has 0 spiro atoms. The smallest absolute Gasteiger partial charge is 0.127 e. The molecular formula is C18H30FNO. The summed E-state index contributed by atoms with van der Waals surface area (Å²) in [4.78, 5) is 0. The monoisotopic (exact) mass is 295 g/mol. The van der Waals surface area contributed by atoms with E-state index in [4.69, 9.17) is 4.74 Å². The molecule has 0 aliphatic heterocycles. The lowest BCUT2D eigenvalue weighted by Gasteiger charge is -2.20. The Kier molecular flexibility index (Phi) is 7.73. The molecular weight excluding hydrogens is 265 g/mol. The van der Waals surface area contributed by atoms with Gasteiger partial charge in [0, 0.05) is 18.2 Å². The third-order valence-electron chi connectivity index (χ3n) is 3.27. The van der Waals surface area contributed by atoms with Crippen molar-refractivity contribution < 1.29 is 9.13 Å². The molecule has 0 bridgehead atoms. The van der Waals surface area contributed by atoms with E-state index in [0.717, 1.165) is 12.0 Å². The molecule has 0 saturated heterocycles. The summed E-state index contributed by atoms with van der Waals surface area (Å²) in [6, 6.07) is 4.95. The van der Waals surface area contributed by atoms with Crippen LogP contribution in [0.5, 0.6) is 5.75 Å². The Morgan fingerprint density at radius 1 is 1.05 bits per heavy atom. The zero-order chi connectivity index (χ0) is 15.7. The second-order valence-corrected chi connectivity index (χ2v) is 6.66. The van der Waals surface area contributed by atoms with Crippen LogP contribution < -0.4 is 10.1 Å². The van der Waals surface area contributed by atoms with Crippen molar-refractivity contribution in [2.45, 2.75) is 71.9 Å². The van der Waals surface area contributed by atoms with Crippen LogP contribution in [0.25, 0.3) is 0 Å². The Morgan fingerprint density at radius 3 is 2.43 bits per heavy atom. The first-order chi connectivity index (χ1) is 9.90. The number of rotatable bonds is 9. The molecule has 120 valence electrons. The van der Waals surface area contributed by atoms with Crippen molar-refractivity contribution in [3.63, 3.8) is 0 Å². The van der Waals surface area contributed by atoms with Crippen LogP contribution in [0, 0.1) is 5.82 Å². The summed E-state index contributed by atoms with van der Waals surface area (Å²) in [6.45, 7) is 9.81. The maximum absolute atomic E-state index is 13.6. The topological polar surface area (TPSA) is 21.3 Å². The standard InChI is InChI=1S/C18H30FNO/c1-5-6-7-8-9-10-21-17-12-15(11-16(19)13-17)14-20-18(2,3)4/h11-13,20H,5-10,14H2,1-4H3. The third kappa shape index (κ3) is 8.71. The van der Waals surface area contributed by atoms with Crippen LogP contribution in [0.3, 0.4) is 0 Å². The first-order valence-corrected chi connectivity index (χ1v) is 8.08. The minimum atomic E-state index is -0.232. The molecule has 0 saturated carbocycles. The van der Waals surface area contributed by atoms with Crippen molar-refractivity contribution in [1.82, 2.24) is 5.32 Å². The highest BCUT2D eigenvalue weighted by atomic mass is 19.1. The molecule has 21 heavy (non-hydrogen) atoms. The zero-order valence-corrected chi connectivity index (χ0v) is 14.0. The van der Waals surface area contributed by atoms with Crippen LogP contribution in [0.15, 0.2) is 18.2 Å². The van der Waals surface area contributed by atoms with Crippen molar-refractivity contribution in [1.29, 1.82) is 0 Å². The Balaban J connectivity index is 2.42. The van der Waals surface area contributed by atoms with E-state index in [1.165, 1.54) is 31.7 Å². The number of unbranched alkanes of at least 4 members (excludes halogenated alkanes) is 4. The van der Waals surface area contributed by atoms with Gasteiger partial charge in [0.2, 0.25) is 0 Å². The lowest BCUT2D eigenvalue weighted by Crippen LogP contribution is -2.35. The van der Waals surface area contributed by atoms with Gasteiger partial charge in [0.25, 0.3) is 0 Å². The zero-order valence-electron chi connectivity index (χ0n) is 14.0. The molecule has 0 atom stereocenters. The van der Waals surface area contributed by atoms with Gasteiger partial charge >= 0.3 is 0 Å². The highest BCUT2D eigenvalue weighted by Gasteiger charge is 2.09. The van der Waals surface area contributed by atoms with E-state index in [9.17, 15) is 4.39 Å². The molecule has 0 aliphatic carbocycles. The fourth-order valence-electron chi connectivity index (χ4n) is 2.07. The lowest BCUT2D eigenvalue weighted by molar-refractivity contribution is 0.302. The van der Waals surface area contributed by atoms with Gasteiger partial charge in [0.1, 0.15) is 11.6 Å². The summed E-state index contributed by atoms with van der Waals surface area (Å²) in [7, 11) is 0. The molecule has 0 aromatic heterocycles. The predicted molar refractivity (Wildman–Crippen MR) is 87.2 cm³/mol. The largest absolute Gasteiger partial charge is 0.493 e. The van der Waals surface area contributed by atoms with Crippen molar-refractivity contribution >= 4 is 0 Å². The Hall–Kier alpha value is -1.09. The first kappa shape index (κ1) is 18.0. The number of halogens is 1. The molecule has 0 unspecified atom stereocenters. The van der Waals surface area contributed by atoms with Crippen LogP contribution in [0.4, 0.5) is 4.39 Å². The molecule has 3 heteroatoms. The van der Waals surface area contributed by atoms with Gasteiger partial charge in [-0.15, -0.1) is 0 Å². The van der Waals surface area contributed by atoms with Crippen LogP contribution in [0.1, 0.15) is 65.4 Å². The van der Waals surface area contributed by atoms with Crippen molar-refractivity contribution in [3.8, 4) is 5.75 Å². The van der Waals surface area contributed by atoms with E-state index in [1.807, 2.05) is 6.07 Å². The molecule has 1 N–H and O–H groups in total. The quantitative estimate of drug-likeness (QED) is 0.643. The Labute approximate surface area is 129 Å². The van der Waals surface area contributed by atoms with Crippen LogP contribution in [-0.4, -0.2) is 12.1 Å². The fraction of sp³-hybridized carbons (Fsp3) is 0.667. The molecule has 0 radical (unpaired) electrons.